The maximum absolute atomic E-state index is 5.30. The number of hydrogen-bond donors (Lipinski definition) is 0. The van der Waals surface area contributed by atoms with Crippen LogP contribution in [0.5, 0.6) is 0 Å². The van der Waals surface area contributed by atoms with E-state index in [2.05, 4.69) is 88.5 Å². The van der Waals surface area contributed by atoms with Gasteiger partial charge in [0.05, 0.1) is 55.5 Å². The first-order valence-corrected chi connectivity index (χ1v) is 29.3. The molecule has 0 nitrogen and oxygen atoms in total. The van der Waals surface area contributed by atoms with E-state index < -0.39 is 12.7 Å². The Labute approximate surface area is 257 Å². The molecule has 0 amide bonds. The van der Waals surface area contributed by atoms with Crippen LogP contribution in [-0.4, -0.2) is 68.2 Å². The molecular formula is C22H60Ag2P3S3Si2+. The smallest absolute Gasteiger partial charge is 0.0543 e. The van der Waals surface area contributed by atoms with Gasteiger partial charge in [-0.05, 0) is 98.8 Å². The molecule has 32 heavy (non-hydrogen) atoms. The zero-order valence-electron chi connectivity index (χ0n) is 23.7. The molecule has 0 aliphatic rings. The minimum Gasteiger partial charge on any atom is -0.786 e. The predicted molar refractivity (Wildman–Crippen MR) is 177 cm³/mol. The van der Waals surface area contributed by atoms with Crippen molar-refractivity contribution in [1.82, 2.24) is 0 Å². The first-order chi connectivity index (χ1) is 13.7. The molecule has 0 saturated carbocycles. The molecule has 0 aliphatic carbocycles. The largest absolute Gasteiger partial charge is 0.786 e. The topological polar surface area (TPSA) is 0 Å². The van der Waals surface area contributed by atoms with Gasteiger partial charge < -0.3 is 24.2 Å². The molecule has 0 rings (SSSR count). The molecule has 0 saturated heterocycles. The number of rotatable bonds is 11. The van der Waals surface area contributed by atoms with Crippen LogP contribution >= 0.6 is 34.4 Å². The third-order valence-electron chi connectivity index (χ3n) is 4.99. The van der Waals surface area contributed by atoms with Crippen molar-refractivity contribution in [2.24, 2.45) is 0 Å². The predicted octanol–water partition coefficient (Wildman–Crippen LogP) is 8.99. The Hall–Kier alpha value is 4.25. The van der Waals surface area contributed by atoms with Gasteiger partial charge in [0.2, 0.25) is 0 Å². The molecule has 0 unspecified atom stereocenters. The summed E-state index contributed by atoms with van der Waals surface area (Å²) < 4.78 is 0. The van der Waals surface area contributed by atoms with Gasteiger partial charge in [-0.25, -0.2) is 0 Å². The third-order valence-corrected chi connectivity index (χ3v) is 31.3. The molecule has 0 aromatic carbocycles. The first-order valence-electron chi connectivity index (χ1n) is 12.4. The summed E-state index contributed by atoms with van der Waals surface area (Å²) in [6, 6.07) is 0. The van der Waals surface area contributed by atoms with Crippen LogP contribution in [0.3, 0.4) is 0 Å². The third kappa shape index (κ3) is 47.5. The monoisotopic (exact) mass is 783 g/mol. The van der Waals surface area contributed by atoms with Gasteiger partial charge in [-0.3, -0.25) is 10.7 Å². The molecule has 0 aliphatic heterocycles. The Morgan fingerprint density at radius 2 is 0.562 bits per heavy atom. The average molecular weight is 786 g/mol. The summed E-state index contributed by atoms with van der Waals surface area (Å²) in [5, 5.41) is 0. The summed E-state index contributed by atoms with van der Waals surface area (Å²) in [5.74, 6) is 0. The van der Waals surface area contributed by atoms with Gasteiger partial charge in [-0.2, -0.15) is 0 Å². The fraction of sp³-hybridized carbons (Fsp3) is 1.00. The summed E-state index contributed by atoms with van der Waals surface area (Å²) in [6.45, 7) is 29.5. The minimum absolute atomic E-state index is 0. The fourth-order valence-corrected chi connectivity index (χ4v) is 35.4. The quantitative estimate of drug-likeness (QED) is 0.117. The van der Waals surface area contributed by atoms with Gasteiger partial charge in [0, 0.05) is 44.8 Å². The molecule has 0 N–H and O–H groups in total. The summed E-state index contributed by atoms with van der Waals surface area (Å²) in [4.78, 5) is 0. The van der Waals surface area contributed by atoms with Crippen LogP contribution in [0.2, 0.25) is 26.2 Å². The molecule has 2 radical (unpaired) electrons. The Morgan fingerprint density at radius 3 is 0.562 bits per heavy atom. The van der Waals surface area contributed by atoms with Crippen LogP contribution in [-0.2, 0) is 68.9 Å². The molecule has 0 aromatic rings. The zero-order valence-corrected chi connectivity index (χ0v) is 34.1. The van der Waals surface area contributed by atoms with Crippen molar-refractivity contribution < 1.29 is 44.8 Å². The molecule has 0 heterocycles. The van der Waals surface area contributed by atoms with Crippen LogP contribution in [0, 0.1) is 0 Å². The summed E-state index contributed by atoms with van der Waals surface area (Å²) in [6.07, 6.45) is 10.4. The molecule has 210 valence electrons. The van der Waals surface area contributed by atoms with Crippen molar-refractivity contribution in [3.63, 3.8) is 0 Å². The molecule has 0 bridgehead atoms. The van der Waals surface area contributed by atoms with E-state index in [9.17, 15) is 0 Å². The molecule has 0 atom stereocenters. The molecular weight excluding hydrogens is 725 g/mol. The average Bonchev–Trinajstić information content (AvgIpc) is 2.65. The van der Waals surface area contributed by atoms with Gasteiger partial charge in [-0.15, -0.1) is 0 Å². The van der Waals surface area contributed by atoms with Crippen molar-refractivity contribution in [2.75, 3.05) is 55.5 Å². The van der Waals surface area contributed by atoms with Crippen molar-refractivity contribution in [1.29, 1.82) is 0 Å². The van der Waals surface area contributed by atoms with E-state index in [1.54, 1.807) is 0 Å². The van der Waals surface area contributed by atoms with E-state index in [0.29, 0.717) is 0 Å². The van der Waals surface area contributed by atoms with Crippen LogP contribution in [0.15, 0.2) is 0 Å². The Bertz CT molecular complexity index is 267. The van der Waals surface area contributed by atoms with Crippen LogP contribution in [0.1, 0.15) is 62.3 Å². The van der Waals surface area contributed by atoms with Crippen molar-refractivity contribution >= 4 is 71.3 Å². The van der Waals surface area contributed by atoms with Gasteiger partial charge in [0.15, 0.2) is 0 Å². The van der Waals surface area contributed by atoms with Crippen molar-refractivity contribution in [2.45, 2.75) is 88.5 Å². The molecule has 0 aromatic heterocycles. The Kier molecular flexibility index (Phi) is 51.2. The van der Waals surface area contributed by atoms with E-state index in [4.69, 9.17) is 24.2 Å². The van der Waals surface area contributed by atoms with E-state index in [0.717, 1.165) is 0 Å². The van der Waals surface area contributed by atoms with Gasteiger partial charge in [0.25, 0.3) is 0 Å². The summed E-state index contributed by atoms with van der Waals surface area (Å²) in [5.41, 5.74) is 0. The van der Waals surface area contributed by atoms with Crippen molar-refractivity contribution in [3.05, 3.63) is 0 Å². The second kappa shape index (κ2) is 33.3. The summed E-state index contributed by atoms with van der Waals surface area (Å²) >= 11 is 10.6. The van der Waals surface area contributed by atoms with Crippen LogP contribution < -0.4 is 0 Å². The van der Waals surface area contributed by atoms with Gasteiger partial charge in [0.1, 0.15) is 0 Å². The van der Waals surface area contributed by atoms with E-state index >= 15 is 0 Å². The second-order valence-corrected chi connectivity index (χ2v) is 41.2. The molecule has 0 fully saturated rings. The molecule has 10 heteroatoms. The maximum Gasteiger partial charge on any atom is 0.0543 e. The Balaban J connectivity index is -0.0000000694. The fourth-order valence-electron chi connectivity index (χ4n) is 2.84. The zero-order chi connectivity index (χ0) is 24.8. The normalized spacial score (nSPS) is 10.7. The van der Waals surface area contributed by atoms with E-state index in [1.807, 2.05) is 10.7 Å². The summed E-state index contributed by atoms with van der Waals surface area (Å²) in [7, 11) is 2.33. The standard InChI is InChI=1S/3C6H15P.C4H12S3Si2.2Ag/c3*1-4-7(5-2)6-3;1-8(2,5)7-9(3,4)6;;/h3*4-6H2,1-3H3;1-4H3;;/q;;;-2;;/p+3. The number of hydrogen-bond acceptors (Lipinski definition) is 3. The van der Waals surface area contributed by atoms with Gasteiger partial charge >= 0.3 is 0 Å². The van der Waals surface area contributed by atoms with E-state index in [-0.39, 0.29) is 68.5 Å². The molecule has 0 spiro atoms. The first kappa shape index (κ1) is 49.2. The SMILES string of the molecule is CC[PH+](CC)CC.CC[PH+](CC)CC.CC[PH+](CC)CC.C[Si](C)([S-])S[Si](C)(C)[S-].[Ag].[Ag]. The second-order valence-electron chi connectivity index (χ2n) is 8.33. The minimum atomic E-state index is -1.34. The van der Waals surface area contributed by atoms with Crippen LogP contribution in [0.4, 0.5) is 0 Å². The van der Waals surface area contributed by atoms with Gasteiger partial charge in [-0.1, -0.05) is 26.2 Å². The van der Waals surface area contributed by atoms with E-state index in [1.165, 1.54) is 55.5 Å². The van der Waals surface area contributed by atoms with Crippen LogP contribution in [0.25, 0.3) is 0 Å². The maximum atomic E-state index is 5.30. The van der Waals surface area contributed by atoms with Crippen molar-refractivity contribution in [3.8, 4) is 0 Å². The Morgan fingerprint density at radius 1 is 0.438 bits per heavy atom.